The summed E-state index contributed by atoms with van der Waals surface area (Å²) in [5.74, 6) is 0.662. The van der Waals surface area contributed by atoms with Crippen molar-refractivity contribution in [3.8, 4) is 11.5 Å². The molecule has 0 aliphatic carbocycles. The van der Waals surface area contributed by atoms with Gasteiger partial charge in [-0.2, -0.15) is 8.42 Å². The Kier molecular flexibility index (Phi) is 4.42. The molecule has 0 aliphatic heterocycles. The first kappa shape index (κ1) is 15.2. The molecule has 0 saturated heterocycles. The highest BCUT2D eigenvalue weighted by molar-refractivity contribution is 7.87. The minimum atomic E-state index is -4.06. The predicted octanol–water partition coefficient (Wildman–Crippen LogP) is 3.40. The van der Waals surface area contributed by atoms with E-state index in [2.05, 4.69) is 0 Å². The maximum absolute atomic E-state index is 12.4. The van der Waals surface area contributed by atoms with Gasteiger partial charge in [0.2, 0.25) is 0 Å². The second kappa shape index (κ2) is 6.09. The summed E-state index contributed by atoms with van der Waals surface area (Å²) < 4.78 is 58.7. The van der Waals surface area contributed by atoms with Gasteiger partial charge in [0, 0.05) is 5.56 Å². The number of methoxy groups -OCH3 is 1. The van der Waals surface area contributed by atoms with Crippen molar-refractivity contribution in [3.05, 3.63) is 54.1 Å². The van der Waals surface area contributed by atoms with Gasteiger partial charge in [-0.15, -0.1) is 0 Å². The topological polar surface area (TPSA) is 52.6 Å². The normalized spacial score (nSPS) is 11.4. The van der Waals surface area contributed by atoms with E-state index in [0.717, 1.165) is 24.3 Å². The predicted molar refractivity (Wildman–Crippen MR) is 72.2 cm³/mol. The monoisotopic (exact) mass is 314 g/mol. The number of alkyl halides is 2. The first-order valence-corrected chi connectivity index (χ1v) is 7.30. The van der Waals surface area contributed by atoms with Crippen LogP contribution in [0.5, 0.6) is 11.5 Å². The number of halogens is 2. The standard InChI is InChI=1S/C14H12F2O4S/c1-19-11-4-6-12(7-5-11)20-21(17,18)13-8-2-10(3-9-13)14(15)16/h2-9,14H,1H3. The molecule has 2 aromatic rings. The Hall–Kier alpha value is -2.15. The molecule has 4 nitrogen and oxygen atoms in total. The third-order valence-electron chi connectivity index (χ3n) is 2.69. The highest BCUT2D eigenvalue weighted by atomic mass is 32.2. The molecular weight excluding hydrogens is 302 g/mol. The molecule has 0 fully saturated rings. The average molecular weight is 314 g/mol. The van der Waals surface area contributed by atoms with Gasteiger partial charge in [0.1, 0.15) is 16.4 Å². The number of hydrogen-bond acceptors (Lipinski definition) is 4. The van der Waals surface area contributed by atoms with Crippen LogP contribution in [-0.4, -0.2) is 15.5 Å². The van der Waals surface area contributed by atoms with Crippen molar-refractivity contribution in [2.24, 2.45) is 0 Å². The molecule has 0 saturated carbocycles. The number of hydrogen-bond donors (Lipinski definition) is 0. The lowest BCUT2D eigenvalue weighted by Gasteiger charge is -2.08. The van der Waals surface area contributed by atoms with Crippen molar-refractivity contribution in [2.75, 3.05) is 7.11 Å². The Labute approximate surface area is 121 Å². The van der Waals surface area contributed by atoms with Crippen molar-refractivity contribution in [3.63, 3.8) is 0 Å². The zero-order valence-corrected chi connectivity index (χ0v) is 11.8. The van der Waals surface area contributed by atoms with Crippen LogP contribution in [0.2, 0.25) is 0 Å². The van der Waals surface area contributed by atoms with Gasteiger partial charge in [-0.05, 0) is 36.4 Å². The van der Waals surface area contributed by atoms with Crippen LogP contribution in [0.15, 0.2) is 53.4 Å². The number of benzene rings is 2. The second-order valence-electron chi connectivity index (χ2n) is 4.08. The van der Waals surface area contributed by atoms with E-state index >= 15 is 0 Å². The fourth-order valence-electron chi connectivity index (χ4n) is 1.59. The summed E-state index contributed by atoms with van der Waals surface area (Å²) in [7, 11) is -2.58. The van der Waals surface area contributed by atoms with Gasteiger partial charge >= 0.3 is 10.1 Å². The lowest BCUT2D eigenvalue weighted by atomic mass is 10.2. The first-order chi connectivity index (χ1) is 9.92. The summed E-state index contributed by atoms with van der Waals surface area (Å²) in [5.41, 5.74) is -0.251. The first-order valence-electron chi connectivity index (χ1n) is 5.89. The van der Waals surface area contributed by atoms with Gasteiger partial charge in [0.25, 0.3) is 6.43 Å². The zero-order chi connectivity index (χ0) is 15.5. The quantitative estimate of drug-likeness (QED) is 0.794. The van der Waals surface area contributed by atoms with Crippen LogP contribution >= 0.6 is 0 Å². The maximum atomic E-state index is 12.4. The Morgan fingerprint density at radius 3 is 1.90 bits per heavy atom. The summed E-state index contributed by atoms with van der Waals surface area (Å²) in [5, 5.41) is 0. The third-order valence-corrected chi connectivity index (χ3v) is 3.95. The molecule has 2 aromatic carbocycles. The number of ether oxygens (including phenoxy) is 1. The summed E-state index contributed by atoms with van der Waals surface area (Å²) >= 11 is 0. The molecule has 0 unspecified atom stereocenters. The van der Waals surface area contributed by atoms with E-state index in [0.29, 0.717) is 5.75 Å². The number of rotatable bonds is 5. The van der Waals surface area contributed by atoms with Gasteiger partial charge in [0.05, 0.1) is 7.11 Å². The minimum Gasteiger partial charge on any atom is -0.497 e. The fourth-order valence-corrected chi connectivity index (χ4v) is 2.52. The smallest absolute Gasteiger partial charge is 0.339 e. The van der Waals surface area contributed by atoms with Crippen molar-refractivity contribution >= 4 is 10.1 Å². The molecule has 0 amide bonds. The van der Waals surface area contributed by atoms with Crippen molar-refractivity contribution in [2.45, 2.75) is 11.3 Å². The van der Waals surface area contributed by atoms with Crippen molar-refractivity contribution < 1.29 is 26.1 Å². The van der Waals surface area contributed by atoms with E-state index in [-0.39, 0.29) is 16.2 Å². The molecule has 0 N–H and O–H groups in total. The minimum absolute atomic E-state index is 0.105. The van der Waals surface area contributed by atoms with Crippen LogP contribution in [0.1, 0.15) is 12.0 Å². The van der Waals surface area contributed by atoms with Gasteiger partial charge < -0.3 is 8.92 Å². The molecule has 7 heteroatoms. The van der Waals surface area contributed by atoms with Crippen LogP contribution in [0.4, 0.5) is 8.78 Å². The average Bonchev–Trinajstić information content (AvgIpc) is 2.48. The lowest BCUT2D eigenvalue weighted by molar-refractivity contribution is 0.151. The van der Waals surface area contributed by atoms with E-state index in [1.807, 2.05) is 0 Å². The summed E-state index contributed by atoms with van der Waals surface area (Å²) in [6, 6.07) is 10.2. The SMILES string of the molecule is COc1ccc(OS(=O)(=O)c2ccc(C(F)F)cc2)cc1. The molecule has 0 aromatic heterocycles. The third kappa shape index (κ3) is 3.69. The summed E-state index contributed by atoms with van der Waals surface area (Å²) in [6.07, 6.45) is -2.65. The van der Waals surface area contributed by atoms with E-state index in [1.54, 1.807) is 12.1 Å². The molecule has 0 bridgehead atoms. The molecule has 112 valence electrons. The van der Waals surface area contributed by atoms with Crippen molar-refractivity contribution in [1.82, 2.24) is 0 Å². The molecule has 0 spiro atoms. The van der Waals surface area contributed by atoms with E-state index in [1.165, 1.54) is 19.2 Å². The molecule has 0 radical (unpaired) electrons. The zero-order valence-electron chi connectivity index (χ0n) is 11.0. The van der Waals surface area contributed by atoms with Crippen molar-refractivity contribution in [1.29, 1.82) is 0 Å². The Morgan fingerprint density at radius 2 is 1.43 bits per heavy atom. The molecule has 2 rings (SSSR count). The Balaban J connectivity index is 2.20. The Morgan fingerprint density at radius 1 is 0.905 bits per heavy atom. The molecular formula is C14H12F2O4S. The molecule has 0 aliphatic rings. The van der Waals surface area contributed by atoms with Gasteiger partial charge in [-0.3, -0.25) is 0 Å². The molecule has 0 atom stereocenters. The van der Waals surface area contributed by atoms with Crippen LogP contribution < -0.4 is 8.92 Å². The molecule has 0 heterocycles. The lowest BCUT2D eigenvalue weighted by Crippen LogP contribution is -2.09. The second-order valence-corrected chi connectivity index (χ2v) is 5.63. The summed E-state index contributed by atoms with van der Waals surface area (Å²) in [4.78, 5) is -0.192. The van der Waals surface area contributed by atoms with Gasteiger partial charge in [0.15, 0.2) is 0 Å². The Bertz CT molecular complexity index is 695. The van der Waals surface area contributed by atoms with Crippen LogP contribution in [0.25, 0.3) is 0 Å². The maximum Gasteiger partial charge on any atom is 0.339 e. The van der Waals surface area contributed by atoms with Gasteiger partial charge in [-0.25, -0.2) is 8.78 Å². The van der Waals surface area contributed by atoms with Crippen LogP contribution in [0.3, 0.4) is 0 Å². The fraction of sp³-hybridized carbons (Fsp3) is 0.143. The van der Waals surface area contributed by atoms with Gasteiger partial charge in [-0.1, -0.05) is 12.1 Å². The largest absolute Gasteiger partial charge is 0.497 e. The van der Waals surface area contributed by atoms with E-state index < -0.39 is 16.5 Å². The highest BCUT2D eigenvalue weighted by Crippen LogP contribution is 2.24. The van der Waals surface area contributed by atoms with E-state index in [4.69, 9.17) is 8.92 Å². The summed E-state index contributed by atoms with van der Waals surface area (Å²) in [6.45, 7) is 0. The van der Waals surface area contributed by atoms with E-state index in [9.17, 15) is 17.2 Å². The van der Waals surface area contributed by atoms with Crippen LogP contribution in [0, 0.1) is 0 Å². The van der Waals surface area contributed by atoms with Crippen LogP contribution in [-0.2, 0) is 10.1 Å². The highest BCUT2D eigenvalue weighted by Gasteiger charge is 2.17. The molecule has 21 heavy (non-hydrogen) atoms.